The van der Waals surface area contributed by atoms with Crippen molar-refractivity contribution in [3.05, 3.63) is 53.1 Å². The smallest absolute Gasteiger partial charge is 0.240 e. The summed E-state index contributed by atoms with van der Waals surface area (Å²) in [5.41, 5.74) is 2.89. The minimum atomic E-state index is -3.57. The highest BCUT2D eigenvalue weighted by atomic mass is 35.5. The topological polar surface area (TPSA) is 73.0 Å². The lowest BCUT2D eigenvalue weighted by Gasteiger charge is -2.36. The minimum absolute atomic E-state index is 0.0656. The van der Waals surface area contributed by atoms with Crippen LogP contribution in [0.5, 0.6) is 0 Å². The molecule has 2 heterocycles. The van der Waals surface area contributed by atoms with E-state index < -0.39 is 10.0 Å². The van der Waals surface area contributed by atoms with Gasteiger partial charge in [0.2, 0.25) is 15.9 Å². The molecule has 2 aliphatic heterocycles. The molecule has 2 aromatic carbocycles. The van der Waals surface area contributed by atoms with Crippen molar-refractivity contribution in [2.45, 2.75) is 31.1 Å². The Morgan fingerprint density at radius 1 is 1.06 bits per heavy atom. The first-order chi connectivity index (χ1) is 15.9. The summed E-state index contributed by atoms with van der Waals surface area (Å²) < 4.78 is 28.3. The zero-order valence-corrected chi connectivity index (χ0v) is 20.5. The molecular formula is C24H31ClN4O3S. The van der Waals surface area contributed by atoms with Crippen LogP contribution in [0.4, 0.5) is 11.4 Å². The monoisotopic (exact) mass is 490 g/mol. The molecule has 0 spiro atoms. The molecule has 4 rings (SSSR count). The van der Waals surface area contributed by atoms with Crippen molar-refractivity contribution >= 4 is 38.9 Å². The molecule has 0 aromatic heterocycles. The van der Waals surface area contributed by atoms with E-state index in [1.165, 1.54) is 0 Å². The molecule has 33 heavy (non-hydrogen) atoms. The van der Waals surface area contributed by atoms with Gasteiger partial charge in [0.25, 0.3) is 0 Å². The highest BCUT2D eigenvalue weighted by Gasteiger charge is 2.25. The van der Waals surface area contributed by atoms with E-state index in [2.05, 4.69) is 20.6 Å². The third-order valence-electron chi connectivity index (χ3n) is 6.35. The molecule has 0 radical (unpaired) electrons. The van der Waals surface area contributed by atoms with E-state index in [1.807, 2.05) is 25.1 Å². The van der Waals surface area contributed by atoms with Gasteiger partial charge in [0.05, 0.1) is 4.90 Å². The molecule has 178 valence electrons. The summed E-state index contributed by atoms with van der Waals surface area (Å²) in [6.07, 6.45) is 1.88. The number of amides is 1. The van der Waals surface area contributed by atoms with E-state index in [0.29, 0.717) is 25.9 Å². The molecule has 0 saturated carbocycles. The van der Waals surface area contributed by atoms with Gasteiger partial charge in [0.15, 0.2) is 0 Å². The van der Waals surface area contributed by atoms with Crippen molar-refractivity contribution in [3.8, 4) is 0 Å². The van der Waals surface area contributed by atoms with E-state index in [0.717, 1.165) is 61.1 Å². The summed E-state index contributed by atoms with van der Waals surface area (Å²) in [7, 11) is -3.57. The van der Waals surface area contributed by atoms with Crippen molar-refractivity contribution < 1.29 is 13.2 Å². The molecule has 1 fully saturated rings. The van der Waals surface area contributed by atoms with Crippen molar-refractivity contribution in [1.82, 2.24) is 9.62 Å². The Morgan fingerprint density at radius 3 is 2.58 bits per heavy atom. The average molecular weight is 491 g/mol. The maximum Gasteiger partial charge on any atom is 0.240 e. The zero-order valence-electron chi connectivity index (χ0n) is 19.0. The lowest BCUT2D eigenvalue weighted by molar-refractivity contribution is -0.118. The maximum atomic E-state index is 12.8. The molecule has 0 atom stereocenters. The number of nitrogens with zero attached hydrogens (tertiary/aromatic N) is 3. The van der Waals surface area contributed by atoms with Gasteiger partial charge in [-0.3, -0.25) is 9.69 Å². The number of carbonyl (C=O) groups excluding carboxylic acids is 1. The van der Waals surface area contributed by atoms with Crippen LogP contribution in [0.2, 0.25) is 5.02 Å². The van der Waals surface area contributed by atoms with Crippen molar-refractivity contribution in [2.24, 2.45) is 0 Å². The molecule has 0 unspecified atom stereocenters. The van der Waals surface area contributed by atoms with Gasteiger partial charge >= 0.3 is 0 Å². The predicted octanol–water partition coefficient (Wildman–Crippen LogP) is 3.13. The van der Waals surface area contributed by atoms with Gasteiger partial charge < -0.3 is 9.80 Å². The van der Waals surface area contributed by atoms with Crippen molar-refractivity contribution in [2.75, 3.05) is 55.6 Å². The van der Waals surface area contributed by atoms with Gasteiger partial charge in [0, 0.05) is 62.1 Å². The first-order valence-corrected chi connectivity index (χ1v) is 13.4. The van der Waals surface area contributed by atoms with Crippen LogP contribution in [-0.2, 0) is 21.2 Å². The first kappa shape index (κ1) is 24.0. The second-order valence-corrected chi connectivity index (χ2v) is 10.7. The highest BCUT2D eigenvalue weighted by molar-refractivity contribution is 7.89. The SMILES string of the molecule is CCC(=O)N1CCc2cc(S(=O)(=O)NCCCN3CCN(c4cccc(Cl)c4)CC3)ccc21. The Hall–Kier alpha value is -2.13. The fourth-order valence-corrected chi connectivity index (χ4v) is 5.80. The number of carbonyl (C=O) groups is 1. The molecule has 7 nitrogen and oxygen atoms in total. The number of rotatable bonds is 8. The van der Waals surface area contributed by atoms with Gasteiger partial charge in [0.1, 0.15) is 0 Å². The number of benzene rings is 2. The molecule has 1 saturated heterocycles. The van der Waals surface area contributed by atoms with E-state index in [-0.39, 0.29) is 10.8 Å². The van der Waals surface area contributed by atoms with Crippen molar-refractivity contribution in [3.63, 3.8) is 0 Å². The Balaban J connectivity index is 1.24. The number of anilines is 2. The zero-order chi connectivity index (χ0) is 23.4. The summed E-state index contributed by atoms with van der Waals surface area (Å²) in [6, 6.07) is 13.0. The molecular weight excluding hydrogens is 460 g/mol. The van der Waals surface area contributed by atoms with Crippen LogP contribution < -0.4 is 14.5 Å². The van der Waals surface area contributed by atoms with Gasteiger partial charge in [-0.25, -0.2) is 13.1 Å². The highest BCUT2D eigenvalue weighted by Crippen LogP contribution is 2.30. The molecule has 2 aliphatic rings. The van der Waals surface area contributed by atoms with E-state index in [1.54, 1.807) is 23.1 Å². The number of fused-ring (bicyclic) bond motifs is 1. The molecule has 0 aliphatic carbocycles. The van der Waals surface area contributed by atoms with Crippen LogP contribution in [0, 0.1) is 0 Å². The van der Waals surface area contributed by atoms with E-state index in [9.17, 15) is 13.2 Å². The van der Waals surface area contributed by atoms with Crippen LogP contribution in [0.3, 0.4) is 0 Å². The first-order valence-electron chi connectivity index (χ1n) is 11.5. The molecule has 0 bridgehead atoms. The summed E-state index contributed by atoms with van der Waals surface area (Å²) in [4.78, 5) is 18.8. The standard InChI is InChI=1S/C24H31ClN4O3S/c1-2-24(30)29-12-9-19-17-22(7-8-23(19)29)33(31,32)26-10-4-11-27-13-15-28(16-14-27)21-6-3-5-20(25)18-21/h3,5-8,17-18,26H,2,4,9-16H2,1H3. The fraction of sp³-hybridized carbons (Fsp3) is 0.458. The summed E-state index contributed by atoms with van der Waals surface area (Å²) in [5, 5.41) is 0.748. The van der Waals surface area contributed by atoms with Crippen LogP contribution in [-0.4, -0.2) is 65.0 Å². The fourth-order valence-electron chi connectivity index (χ4n) is 4.49. The van der Waals surface area contributed by atoms with Gasteiger partial charge in [-0.1, -0.05) is 24.6 Å². The number of hydrogen-bond acceptors (Lipinski definition) is 5. The Labute approximate surface area is 201 Å². The van der Waals surface area contributed by atoms with Gasteiger partial charge in [-0.15, -0.1) is 0 Å². The molecule has 1 N–H and O–H groups in total. The third-order valence-corrected chi connectivity index (χ3v) is 8.04. The number of nitrogens with one attached hydrogen (secondary N) is 1. The quantitative estimate of drug-likeness (QED) is 0.575. The average Bonchev–Trinajstić information content (AvgIpc) is 3.25. The maximum absolute atomic E-state index is 12.8. The van der Waals surface area contributed by atoms with E-state index in [4.69, 9.17) is 11.6 Å². The lowest BCUT2D eigenvalue weighted by atomic mass is 10.2. The van der Waals surface area contributed by atoms with Crippen LogP contribution >= 0.6 is 11.6 Å². The van der Waals surface area contributed by atoms with E-state index >= 15 is 0 Å². The van der Waals surface area contributed by atoms with Crippen LogP contribution in [0.25, 0.3) is 0 Å². The molecule has 1 amide bonds. The summed E-state index contributed by atoms with van der Waals surface area (Å²) in [5.74, 6) is 0.0656. The predicted molar refractivity (Wildman–Crippen MR) is 133 cm³/mol. The number of hydrogen-bond donors (Lipinski definition) is 1. The Morgan fingerprint density at radius 2 is 1.85 bits per heavy atom. The second kappa shape index (κ2) is 10.4. The molecule has 2 aromatic rings. The Kier molecular flexibility index (Phi) is 7.58. The van der Waals surface area contributed by atoms with Crippen molar-refractivity contribution in [1.29, 1.82) is 0 Å². The largest absolute Gasteiger partial charge is 0.369 e. The lowest BCUT2D eigenvalue weighted by Crippen LogP contribution is -2.47. The third kappa shape index (κ3) is 5.69. The summed E-state index contributed by atoms with van der Waals surface area (Å²) >= 11 is 6.10. The minimum Gasteiger partial charge on any atom is -0.369 e. The summed E-state index contributed by atoms with van der Waals surface area (Å²) in [6.45, 7) is 7.44. The number of sulfonamides is 1. The molecule has 9 heteroatoms. The number of piperazine rings is 1. The van der Waals surface area contributed by atoms with Gasteiger partial charge in [-0.05, 0) is 61.3 Å². The van der Waals surface area contributed by atoms with Crippen LogP contribution in [0.1, 0.15) is 25.3 Å². The Bertz CT molecular complexity index is 1100. The van der Waals surface area contributed by atoms with Crippen LogP contribution in [0.15, 0.2) is 47.4 Å². The normalized spacial score (nSPS) is 16.8. The number of halogens is 1. The van der Waals surface area contributed by atoms with Gasteiger partial charge in [-0.2, -0.15) is 0 Å². The second-order valence-electron chi connectivity index (χ2n) is 8.50.